The van der Waals surface area contributed by atoms with Gasteiger partial charge in [0.25, 0.3) is 0 Å². The van der Waals surface area contributed by atoms with Gasteiger partial charge in [0.15, 0.2) is 0 Å². The first-order valence-corrected chi connectivity index (χ1v) is 8.58. The maximum Gasteiger partial charge on any atom is 0.0472 e. The molecular formula is C15H25NOS2. The van der Waals surface area contributed by atoms with Gasteiger partial charge in [-0.2, -0.15) is 12.6 Å². The van der Waals surface area contributed by atoms with Crippen molar-refractivity contribution in [1.29, 1.82) is 0 Å². The highest BCUT2D eigenvalue weighted by Crippen LogP contribution is 2.33. The van der Waals surface area contributed by atoms with Crippen LogP contribution in [0.25, 0.3) is 0 Å². The van der Waals surface area contributed by atoms with Crippen molar-refractivity contribution < 1.29 is 4.74 Å². The Morgan fingerprint density at radius 1 is 1.47 bits per heavy atom. The van der Waals surface area contributed by atoms with Crippen molar-refractivity contribution in [3.63, 3.8) is 0 Å². The predicted octanol–water partition coefficient (Wildman–Crippen LogP) is 3.34. The van der Waals surface area contributed by atoms with E-state index in [4.69, 9.17) is 4.74 Å². The number of rotatable bonds is 6. The Morgan fingerprint density at radius 2 is 2.21 bits per heavy atom. The molecule has 0 amide bonds. The van der Waals surface area contributed by atoms with E-state index in [1.165, 1.54) is 4.88 Å². The minimum Gasteiger partial charge on any atom is -0.381 e. The van der Waals surface area contributed by atoms with Crippen LogP contribution in [0.3, 0.4) is 0 Å². The van der Waals surface area contributed by atoms with Crippen molar-refractivity contribution in [2.45, 2.75) is 32.2 Å². The average Bonchev–Trinajstić information content (AvgIpc) is 2.92. The molecule has 2 rings (SSSR count). The summed E-state index contributed by atoms with van der Waals surface area (Å²) in [6.45, 7) is 5.25. The maximum atomic E-state index is 5.50. The van der Waals surface area contributed by atoms with Gasteiger partial charge in [-0.3, -0.25) is 0 Å². The van der Waals surface area contributed by atoms with Gasteiger partial charge in [0.05, 0.1) is 0 Å². The largest absolute Gasteiger partial charge is 0.381 e. The number of nitrogens with zero attached hydrogens (tertiary/aromatic N) is 1. The van der Waals surface area contributed by atoms with Crippen molar-refractivity contribution in [3.05, 3.63) is 22.4 Å². The van der Waals surface area contributed by atoms with E-state index in [1.54, 1.807) is 0 Å². The highest BCUT2D eigenvalue weighted by Gasteiger charge is 2.33. The molecule has 2 heterocycles. The van der Waals surface area contributed by atoms with Crippen LogP contribution >= 0.6 is 24.0 Å². The SMILES string of the molecule is CC(Cc1cccs1)N(C)CC1(CS)CCOCC1. The molecule has 0 aliphatic carbocycles. The van der Waals surface area contributed by atoms with E-state index in [-0.39, 0.29) is 0 Å². The summed E-state index contributed by atoms with van der Waals surface area (Å²) in [6, 6.07) is 4.95. The highest BCUT2D eigenvalue weighted by molar-refractivity contribution is 7.80. The third-order valence-corrected chi connectivity index (χ3v) is 5.87. The molecule has 0 radical (unpaired) electrons. The van der Waals surface area contributed by atoms with Crippen LogP contribution in [-0.4, -0.2) is 43.5 Å². The highest BCUT2D eigenvalue weighted by atomic mass is 32.1. The van der Waals surface area contributed by atoms with E-state index in [1.807, 2.05) is 11.3 Å². The molecule has 0 saturated carbocycles. The fourth-order valence-corrected chi connectivity index (χ4v) is 3.97. The zero-order chi connectivity index (χ0) is 13.7. The summed E-state index contributed by atoms with van der Waals surface area (Å²) in [6.07, 6.45) is 3.44. The lowest BCUT2D eigenvalue weighted by Crippen LogP contribution is -2.44. The molecular weight excluding hydrogens is 274 g/mol. The summed E-state index contributed by atoms with van der Waals surface area (Å²) in [5.74, 6) is 0.965. The summed E-state index contributed by atoms with van der Waals surface area (Å²) >= 11 is 6.46. The van der Waals surface area contributed by atoms with Gasteiger partial charge in [0.2, 0.25) is 0 Å². The molecule has 1 atom stereocenters. The third kappa shape index (κ3) is 4.22. The first-order valence-electron chi connectivity index (χ1n) is 7.06. The van der Waals surface area contributed by atoms with E-state index in [2.05, 4.69) is 49.0 Å². The molecule has 1 aromatic rings. The number of ether oxygens (including phenoxy) is 1. The van der Waals surface area contributed by atoms with Gasteiger partial charge >= 0.3 is 0 Å². The number of hydrogen-bond acceptors (Lipinski definition) is 4. The first-order chi connectivity index (χ1) is 9.15. The number of thiol groups is 1. The van der Waals surface area contributed by atoms with Crippen LogP contribution in [0.2, 0.25) is 0 Å². The van der Waals surface area contributed by atoms with E-state index in [0.29, 0.717) is 11.5 Å². The van der Waals surface area contributed by atoms with Crippen molar-refractivity contribution in [2.75, 3.05) is 32.6 Å². The van der Waals surface area contributed by atoms with Crippen LogP contribution < -0.4 is 0 Å². The molecule has 19 heavy (non-hydrogen) atoms. The summed E-state index contributed by atoms with van der Waals surface area (Å²) in [5, 5.41) is 2.16. The predicted molar refractivity (Wildman–Crippen MR) is 86.5 cm³/mol. The van der Waals surface area contributed by atoms with Gasteiger partial charge in [0.1, 0.15) is 0 Å². The second-order valence-corrected chi connectivity index (χ2v) is 7.17. The lowest BCUT2D eigenvalue weighted by Gasteiger charge is -2.40. The Labute approximate surface area is 126 Å². The van der Waals surface area contributed by atoms with Crippen molar-refractivity contribution >= 4 is 24.0 Å². The fourth-order valence-electron chi connectivity index (χ4n) is 2.73. The summed E-state index contributed by atoms with van der Waals surface area (Å²) < 4.78 is 5.50. The van der Waals surface area contributed by atoms with Gasteiger partial charge in [-0.1, -0.05) is 6.07 Å². The zero-order valence-electron chi connectivity index (χ0n) is 12.0. The van der Waals surface area contributed by atoms with Crippen LogP contribution in [-0.2, 0) is 11.2 Å². The number of thiophene rings is 1. The Bertz CT molecular complexity index is 360. The first kappa shape index (κ1) is 15.4. The molecule has 108 valence electrons. The Kier molecular flexibility index (Phi) is 5.75. The molecule has 0 aromatic carbocycles. The molecule has 0 spiro atoms. The van der Waals surface area contributed by atoms with Crippen LogP contribution in [0.1, 0.15) is 24.6 Å². The molecule has 1 saturated heterocycles. The molecule has 2 nitrogen and oxygen atoms in total. The van der Waals surface area contributed by atoms with Gasteiger partial charge in [-0.05, 0) is 55.8 Å². The van der Waals surface area contributed by atoms with Crippen LogP contribution in [0, 0.1) is 5.41 Å². The fraction of sp³-hybridized carbons (Fsp3) is 0.733. The summed E-state index contributed by atoms with van der Waals surface area (Å²) in [4.78, 5) is 3.98. The summed E-state index contributed by atoms with van der Waals surface area (Å²) in [5.41, 5.74) is 0.347. The van der Waals surface area contributed by atoms with Gasteiger partial charge in [-0.15, -0.1) is 11.3 Å². The van der Waals surface area contributed by atoms with Gasteiger partial charge < -0.3 is 9.64 Å². The Hall–Kier alpha value is -0.0300. The molecule has 1 unspecified atom stereocenters. The average molecular weight is 300 g/mol. The van der Waals surface area contributed by atoms with E-state index in [9.17, 15) is 0 Å². The quantitative estimate of drug-likeness (QED) is 0.809. The molecule has 4 heteroatoms. The van der Waals surface area contributed by atoms with Crippen molar-refractivity contribution in [3.8, 4) is 0 Å². The number of likely N-dealkylation sites (N-methyl/N-ethyl adjacent to an activating group) is 1. The van der Waals surface area contributed by atoms with Gasteiger partial charge in [-0.25, -0.2) is 0 Å². The molecule has 1 aliphatic heterocycles. The van der Waals surface area contributed by atoms with E-state index < -0.39 is 0 Å². The molecule has 1 fully saturated rings. The van der Waals surface area contributed by atoms with Crippen molar-refractivity contribution in [1.82, 2.24) is 4.90 Å². The summed E-state index contributed by atoms with van der Waals surface area (Å²) in [7, 11) is 2.25. The monoisotopic (exact) mass is 299 g/mol. The second kappa shape index (κ2) is 7.11. The molecule has 1 aromatic heterocycles. The smallest absolute Gasteiger partial charge is 0.0472 e. The molecule has 0 bridgehead atoms. The zero-order valence-corrected chi connectivity index (χ0v) is 13.7. The topological polar surface area (TPSA) is 12.5 Å². The standard InChI is InChI=1S/C15H25NOS2/c1-13(10-14-4-3-9-19-14)16(2)11-15(12-18)5-7-17-8-6-15/h3-4,9,13,18H,5-8,10-12H2,1-2H3. The van der Waals surface area contributed by atoms with Crippen molar-refractivity contribution in [2.24, 2.45) is 5.41 Å². The van der Waals surface area contributed by atoms with E-state index in [0.717, 1.165) is 44.8 Å². The van der Waals surface area contributed by atoms with Crippen LogP contribution in [0.15, 0.2) is 17.5 Å². The van der Waals surface area contributed by atoms with Crippen LogP contribution in [0.5, 0.6) is 0 Å². The maximum absolute atomic E-state index is 5.50. The van der Waals surface area contributed by atoms with Gasteiger partial charge in [0, 0.05) is 30.7 Å². The Balaban J connectivity index is 1.89. The lowest BCUT2D eigenvalue weighted by molar-refractivity contribution is 0.00654. The Morgan fingerprint density at radius 3 is 2.79 bits per heavy atom. The van der Waals surface area contributed by atoms with Crippen LogP contribution in [0.4, 0.5) is 0 Å². The molecule has 0 N–H and O–H groups in total. The minimum absolute atomic E-state index is 0.347. The van der Waals surface area contributed by atoms with E-state index >= 15 is 0 Å². The third-order valence-electron chi connectivity index (χ3n) is 4.30. The second-order valence-electron chi connectivity index (χ2n) is 5.82. The normalized spacial score (nSPS) is 20.6. The minimum atomic E-state index is 0.347. The number of hydrogen-bond donors (Lipinski definition) is 1. The lowest BCUT2D eigenvalue weighted by atomic mass is 9.81. The molecule has 1 aliphatic rings.